The number of halogens is 1. The maximum Gasteiger partial charge on any atom is 0.132 e. The molecule has 0 aromatic carbocycles. The van der Waals surface area contributed by atoms with Gasteiger partial charge in [-0.25, -0.2) is 4.98 Å². The molecule has 0 saturated carbocycles. The molecule has 0 saturated heterocycles. The fourth-order valence-corrected chi connectivity index (χ4v) is 2.00. The Morgan fingerprint density at radius 3 is 3.07 bits per heavy atom. The number of pyridine rings is 1. The van der Waals surface area contributed by atoms with Crippen LogP contribution in [0.3, 0.4) is 0 Å². The second-order valence-electron chi connectivity index (χ2n) is 3.25. The molecule has 2 aromatic rings. The molecule has 0 aliphatic carbocycles. The van der Waals surface area contributed by atoms with E-state index in [9.17, 15) is 0 Å². The molecular weight excluding hydrogens is 244 g/mol. The van der Waals surface area contributed by atoms with Crippen LogP contribution in [-0.4, -0.2) is 21.1 Å². The average molecular weight is 255 g/mol. The molecule has 0 amide bonds. The standard InChI is InChI=1S/C10H11BrN2O/c1-7-2-4-13-8(6-7)10(11)12-9(13)3-5-14/h2,4,6,14H,3,5H2,1H3. The zero-order valence-electron chi connectivity index (χ0n) is 7.87. The van der Waals surface area contributed by atoms with Gasteiger partial charge in [-0.1, -0.05) is 0 Å². The summed E-state index contributed by atoms with van der Waals surface area (Å²) in [5.74, 6) is 0.884. The summed E-state index contributed by atoms with van der Waals surface area (Å²) in [7, 11) is 0. The predicted octanol–water partition coefficient (Wildman–Crippen LogP) is 1.94. The highest BCUT2D eigenvalue weighted by Crippen LogP contribution is 2.20. The maximum atomic E-state index is 8.87. The average Bonchev–Trinajstić information content (AvgIpc) is 2.44. The van der Waals surface area contributed by atoms with E-state index in [2.05, 4.69) is 27.0 Å². The second-order valence-corrected chi connectivity index (χ2v) is 4.00. The van der Waals surface area contributed by atoms with Gasteiger partial charge in [-0.15, -0.1) is 0 Å². The van der Waals surface area contributed by atoms with Crippen LogP contribution in [0.25, 0.3) is 5.52 Å². The monoisotopic (exact) mass is 254 g/mol. The molecule has 1 N–H and O–H groups in total. The molecule has 3 nitrogen and oxygen atoms in total. The largest absolute Gasteiger partial charge is 0.396 e. The summed E-state index contributed by atoms with van der Waals surface area (Å²) < 4.78 is 2.83. The lowest BCUT2D eigenvalue weighted by Crippen LogP contribution is -1.97. The van der Waals surface area contributed by atoms with Crippen molar-refractivity contribution in [3.05, 3.63) is 34.3 Å². The first-order chi connectivity index (χ1) is 6.72. The lowest BCUT2D eigenvalue weighted by Gasteiger charge is -1.99. The Kier molecular flexibility index (Phi) is 2.56. The minimum absolute atomic E-state index is 0.124. The molecule has 0 fully saturated rings. The topological polar surface area (TPSA) is 37.5 Å². The second kappa shape index (κ2) is 3.71. The molecule has 14 heavy (non-hydrogen) atoms. The summed E-state index contributed by atoms with van der Waals surface area (Å²) in [6.45, 7) is 2.17. The molecule has 4 heteroatoms. The molecular formula is C10H11BrN2O. The first-order valence-corrected chi connectivity index (χ1v) is 5.25. The number of aliphatic hydroxyl groups excluding tert-OH is 1. The SMILES string of the molecule is Cc1ccn2c(CCO)nc(Br)c2c1. The Morgan fingerprint density at radius 2 is 2.36 bits per heavy atom. The van der Waals surface area contributed by atoms with Crippen LogP contribution in [0.1, 0.15) is 11.4 Å². The quantitative estimate of drug-likeness (QED) is 0.890. The van der Waals surface area contributed by atoms with Crippen molar-refractivity contribution >= 4 is 21.4 Å². The van der Waals surface area contributed by atoms with Gasteiger partial charge in [-0.3, -0.25) is 0 Å². The smallest absolute Gasteiger partial charge is 0.132 e. The van der Waals surface area contributed by atoms with E-state index in [4.69, 9.17) is 5.11 Å². The Hall–Kier alpha value is -0.870. The molecule has 0 aliphatic rings. The molecule has 2 heterocycles. The highest BCUT2D eigenvalue weighted by atomic mass is 79.9. The highest BCUT2D eigenvalue weighted by Gasteiger charge is 2.07. The number of aromatic nitrogens is 2. The van der Waals surface area contributed by atoms with Gasteiger partial charge in [0.05, 0.1) is 12.1 Å². The van der Waals surface area contributed by atoms with Gasteiger partial charge in [0.2, 0.25) is 0 Å². The number of rotatable bonds is 2. The highest BCUT2D eigenvalue weighted by molar-refractivity contribution is 9.10. The number of aliphatic hydroxyl groups is 1. The van der Waals surface area contributed by atoms with E-state index in [-0.39, 0.29) is 6.61 Å². The number of imidazole rings is 1. The van der Waals surface area contributed by atoms with E-state index < -0.39 is 0 Å². The van der Waals surface area contributed by atoms with E-state index in [0.29, 0.717) is 6.42 Å². The lowest BCUT2D eigenvalue weighted by atomic mass is 10.3. The van der Waals surface area contributed by atoms with E-state index >= 15 is 0 Å². The summed E-state index contributed by atoms with van der Waals surface area (Å²) in [6, 6.07) is 4.10. The zero-order valence-corrected chi connectivity index (χ0v) is 9.45. The zero-order chi connectivity index (χ0) is 10.1. The van der Waals surface area contributed by atoms with Crippen molar-refractivity contribution in [3.63, 3.8) is 0 Å². The van der Waals surface area contributed by atoms with Crippen molar-refractivity contribution in [3.8, 4) is 0 Å². The normalized spacial score (nSPS) is 11.1. The van der Waals surface area contributed by atoms with Crippen molar-refractivity contribution in [2.45, 2.75) is 13.3 Å². The van der Waals surface area contributed by atoms with E-state index in [1.54, 1.807) is 0 Å². The van der Waals surface area contributed by atoms with Gasteiger partial charge in [-0.2, -0.15) is 0 Å². The summed E-state index contributed by atoms with van der Waals surface area (Å²) in [4.78, 5) is 4.34. The molecule has 0 unspecified atom stereocenters. The van der Waals surface area contributed by atoms with Crippen LogP contribution in [0, 0.1) is 6.92 Å². The van der Waals surface area contributed by atoms with Crippen LogP contribution in [0.2, 0.25) is 0 Å². The fourth-order valence-electron chi connectivity index (χ4n) is 1.49. The fraction of sp³-hybridized carbons (Fsp3) is 0.300. The number of hydrogen-bond acceptors (Lipinski definition) is 2. The van der Waals surface area contributed by atoms with Crippen LogP contribution in [-0.2, 0) is 6.42 Å². The molecule has 0 spiro atoms. The molecule has 74 valence electrons. The molecule has 2 aromatic heterocycles. The molecule has 0 bridgehead atoms. The third-order valence-electron chi connectivity index (χ3n) is 2.16. The minimum atomic E-state index is 0.124. The Bertz CT molecular complexity index is 464. The van der Waals surface area contributed by atoms with Gasteiger partial charge >= 0.3 is 0 Å². The number of hydrogen-bond donors (Lipinski definition) is 1. The van der Waals surface area contributed by atoms with Crippen LogP contribution < -0.4 is 0 Å². The predicted molar refractivity (Wildman–Crippen MR) is 58.4 cm³/mol. The first kappa shape index (κ1) is 9.68. The van der Waals surface area contributed by atoms with Gasteiger partial charge in [0.15, 0.2) is 0 Å². The van der Waals surface area contributed by atoms with Crippen molar-refractivity contribution < 1.29 is 5.11 Å². The van der Waals surface area contributed by atoms with E-state index in [0.717, 1.165) is 15.9 Å². The minimum Gasteiger partial charge on any atom is -0.396 e. The van der Waals surface area contributed by atoms with Crippen LogP contribution in [0.15, 0.2) is 22.9 Å². The first-order valence-electron chi connectivity index (χ1n) is 4.46. The van der Waals surface area contributed by atoms with Gasteiger partial charge < -0.3 is 9.51 Å². The number of nitrogens with zero attached hydrogens (tertiary/aromatic N) is 2. The summed E-state index contributed by atoms with van der Waals surface area (Å²) >= 11 is 3.41. The van der Waals surface area contributed by atoms with Crippen molar-refractivity contribution in [2.75, 3.05) is 6.61 Å². The van der Waals surface area contributed by atoms with Crippen LogP contribution >= 0.6 is 15.9 Å². The Morgan fingerprint density at radius 1 is 1.57 bits per heavy atom. The van der Waals surface area contributed by atoms with E-state index in [1.165, 1.54) is 5.56 Å². The molecule has 2 rings (SSSR count). The molecule has 0 aliphatic heterocycles. The summed E-state index contributed by atoms with van der Waals surface area (Å²) in [5.41, 5.74) is 2.25. The van der Waals surface area contributed by atoms with Crippen molar-refractivity contribution in [2.24, 2.45) is 0 Å². The molecule has 0 atom stereocenters. The lowest BCUT2D eigenvalue weighted by molar-refractivity contribution is 0.296. The Balaban J connectivity index is 2.65. The van der Waals surface area contributed by atoms with Gasteiger partial charge in [0.25, 0.3) is 0 Å². The van der Waals surface area contributed by atoms with Gasteiger partial charge in [0.1, 0.15) is 10.4 Å². The van der Waals surface area contributed by atoms with E-state index in [1.807, 2.05) is 23.6 Å². The Labute approximate surface area is 90.5 Å². The molecule has 0 radical (unpaired) electrons. The van der Waals surface area contributed by atoms with Crippen molar-refractivity contribution in [1.29, 1.82) is 0 Å². The number of aryl methyl sites for hydroxylation is 1. The number of fused-ring (bicyclic) bond motifs is 1. The maximum absolute atomic E-state index is 8.87. The van der Waals surface area contributed by atoms with Gasteiger partial charge in [-0.05, 0) is 40.5 Å². The third-order valence-corrected chi connectivity index (χ3v) is 2.75. The summed E-state index contributed by atoms with van der Waals surface area (Å²) in [5, 5.41) is 8.87. The van der Waals surface area contributed by atoms with Crippen molar-refractivity contribution in [1.82, 2.24) is 9.38 Å². The van der Waals surface area contributed by atoms with Crippen LogP contribution in [0.5, 0.6) is 0 Å². The summed E-state index contributed by atoms with van der Waals surface area (Å²) in [6.07, 6.45) is 2.56. The van der Waals surface area contributed by atoms with Crippen LogP contribution in [0.4, 0.5) is 0 Å². The van der Waals surface area contributed by atoms with Gasteiger partial charge in [0, 0.05) is 12.6 Å². The third kappa shape index (κ3) is 1.55.